The Kier molecular flexibility index (Phi) is 18.4. The first-order valence-electron chi connectivity index (χ1n) is 8.16. The number of unbranched alkanes of at least 4 members (excludes halogenated alkanes) is 2. The molecule has 0 aliphatic heterocycles. The number of aliphatic hydroxyl groups is 2. The van der Waals surface area contributed by atoms with Crippen LogP contribution in [0, 0.1) is 0 Å². The molecule has 0 spiro atoms. The number of thiocarbonyl (C=S) groups is 1. The molecule has 0 saturated carbocycles. The Morgan fingerprint density at radius 2 is 1.43 bits per heavy atom. The minimum atomic E-state index is -0.276. The summed E-state index contributed by atoms with van der Waals surface area (Å²) in [5, 5.41) is 17.6. The van der Waals surface area contributed by atoms with Crippen molar-refractivity contribution in [1.82, 2.24) is 4.90 Å². The van der Waals surface area contributed by atoms with E-state index >= 15 is 0 Å². The van der Waals surface area contributed by atoms with Gasteiger partial charge in [-0.25, -0.2) is 0 Å². The van der Waals surface area contributed by atoms with Gasteiger partial charge < -0.3 is 15.1 Å². The molecule has 0 aliphatic rings. The summed E-state index contributed by atoms with van der Waals surface area (Å²) in [6, 6.07) is 0. The molecule has 2 N–H and O–H groups in total. The molecule has 0 rings (SSSR count). The van der Waals surface area contributed by atoms with Crippen LogP contribution in [-0.2, 0) is 0 Å². The highest BCUT2D eigenvalue weighted by molar-refractivity contribution is 8.22. The van der Waals surface area contributed by atoms with Gasteiger partial charge in [-0.1, -0.05) is 57.6 Å². The lowest BCUT2D eigenvalue weighted by atomic mass is 10.3. The van der Waals surface area contributed by atoms with Crippen molar-refractivity contribution in [3.05, 3.63) is 0 Å². The quantitative estimate of drug-likeness (QED) is 0.621. The average molecular weight is 338 g/mol. The molecule has 0 fully saturated rings. The summed E-state index contributed by atoms with van der Waals surface area (Å²) < 4.78 is 0.947. The first-order valence-corrected chi connectivity index (χ1v) is 9.56. The molecule has 0 aromatic heterocycles. The Morgan fingerprint density at radius 3 is 1.71 bits per heavy atom. The van der Waals surface area contributed by atoms with E-state index < -0.39 is 0 Å². The van der Waals surface area contributed by atoms with Gasteiger partial charge in [0.25, 0.3) is 0 Å². The van der Waals surface area contributed by atoms with Gasteiger partial charge in [-0.2, -0.15) is 0 Å². The maximum Gasteiger partial charge on any atom is 0.136 e. The lowest BCUT2D eigenvalue weighted by Crippen LogP contribution is -2.30. The summed E-state index contributed by atoms with van der Waals surface area (Å²) >= 11 is 7.00. The molecule has 0 aromatic rings. The lowest BCUT2D eigenvalue weighted by Gasteiger charge is -2.24. The summed E-state index contributed by atoms with van der Waals surface area (Å²) in [5.41, 5.74) is 0. The molecular weight excluding hydrogens is 302 g/mol. The molecule has 2 unspecified atom stereocenters. The van der Waals surface area contributed by atoms with E-state index in [0.717, 1.165) is 23.8 Å². The van der Waals surface area contributed by atoms with Gasteiger partial charge in [-0.15, -0.1) is 0 Å². The molecule has 0 saturated heterocycles. The Morgan fingerprint density at radius 1 is 1.00 bits per heavy atom. The summed E-state index contributed by atoms with van der Waals surface area (Å²) in [6.07, 6.45) is 5.26. The van der Waals surface area contributed by atoms with E-state index in [1.54, 1.807) is 25.6 Å². The normalized spacial score (nSPS) is 13.1. The number of aliphatic hydroxyl groups excluding tert-OH is 2. The van der Waals surface area contributed by atoms with Crippen LogP contribution >= 0.6 is 24.0 Å². The van der Waals surface area contributed by atoms with Gasteiger partial charge in [0.15, 0.2) is 0 Å². The third-order valence-corrected chi connectivity index (χ3v) is 4.63. The third kappa shape index (κ3) is 18.1. The second kappa shape index (κ2) is 16.5. The second-order valence-electron chi connectivity index (χ2n) is 5.38. The zero-order chi connectivity index (χ0) is 16.7. The predicted octanol–water partition coefficient (Wildman–Crippen LogP) is 4.06. The first-order chi connectivity index (χ1) is 9.88. The number of rotatable bonds is 9. The molecule has 0 radical (unpaired) electrons. The molecule has 3 nitrogen and oxygen atoms in total. The minimum Gasteiger partial charge on any atom is -0.393 e. The first kappa shape index (κ1) is 23.4. The second-order valence-corrected chi connectivity index (χ2v) is 7.03. The van der Waals surface area contributed by atoms with E-state index in [0.29, 0.717) is 5.75 Å². The standard InChI is InChI=1S/C12H25NOS2.C4H10O/c1-4-6-8-13(9-7-5-2)12(15)16-10-11(3)14;1-3-4(2)5/h11,14H,4-10H2,1-3H3;4-5H,3H2,1-2H3. The maximum absolute atomic E-state index is 9.24. The fourth-order valence-corrected chi connectivity index (χ4v) is 2.41. The molecule has 2 atom stereocenters. The van der Waals surface area contributed by atoms with Crippen molar-refractivity contribution in [3.63, 3.8) is 0 Å². The summed E-state index contributed by atoms with van der Waals surface area (Å²) in [4.78, 5) is 2.29. The van der Waals surface area contributed by atoms with Crippen molar-refractivity contribution >= 4 is 28.3 Å². The van der Waals surface area contributed by atoms with E-state index in [-0.39, 0.29) is 12.2 Å². The molecular formula is C16H35NO2S2. The summed E-state index contributed by atoms with van der Waals surface area (Å²) in [5.74, 6) is 0.702. The van der Waals surface area contributed by atoms with E-state index in [1.807, 2.05) is 6.92 Å². The van der Waals surface area contributed by atoms with Crippen molar-refractivity contribution in [2.24, 2.45) is 0 Å². The Hall–Kier alpha value is 0.160. The fourth-order valence-electron chi connectivity index (χ4n) is 1.28. The smallest absolute Gasteiger partial charge is 0.136 e. The topological polar surface area (TPSA) is 43.7 Å². The highest BCUT2D eigenvalue weighted by Gasteiger charge is 2.10. The highest BCUT2D eigenvalue weighted by atomic mass is 32.2. The minimum absolute atomic E-state index is 0.116. The van der Waals surface area contributed by atoms with Gasteiger partial charge >= 0.3 is 0 Å². The Labute approximate surface area is 141 Å². The van der Waals surface area contributed by atoms with Gasteiger partial charge in [-0.05, 0) is 33.1 Å². The van der Waals surface area contributed by atoms with Crippen LogP contribution in [0.2, 0.25) is 0 Å². The molecule has 5 heteroatoms. The molecule has 0 aliphatic carbocycles. The van der Waals surface area contributed by atoms with Crippen molar-refractivity contribution in [1.29, 1.82) is 0 Å². The van der Waals surface area contributed by atoms with Crippen LogP contribution in [0.5, 0.6) is 0 Å². The van der Waals surface area contributed by atoms with Crippen LogP contribution in [-0.4, -0.2) is 50.5 Å². The number of nitrogens with zero attached hydrogens (tertiary/aromatic N) is 1. The lowest BCUT2D eigenvalue weighted by molar-refractivity contribution is 0.191. The molecule has 0 bridgehead atoms. The zero-order valence-corrected chi connectivity index (χ0v) is 16.1. The van der Waals surface area contributed by atoms with Gasteiger partial charge in [0.2, 0.25) is 0 Å². The third-order valence-electron chi connectivity index (χ3n) is 2.86. The van der Waals surface area contributed by atoms with Crippen molar-refractivity contribution < 1.29 is 10.2 Å². The molecule has 128 valence electrons. The van der Waals surface area contributed by atoms with E-state index in [2.05, 4.69) is 18.7 Å². The van der Waals surface area contributed by atoms with Gasteiger partial charge in [-0.3, -0.25) is 0 Å². The number of hydrogen-bond acceptors (Lipinski definition) is 4. The van der Waals surface area contributed by atoms with Crippen LogP contribution in [0.15, 0.2) is 0 Å². The van der Waals surface area contributed by atoms with E-state index in [1.165, 1.54) is 25.7 Å². The van der Waals surface area contributed by atoms with Crippen molar-refractivity contribution in [2.45, 2.75) is 78.9 Å². The Bertz CT molecular complexity index is 228. The zero-order valence-electron chi connectivity index (χ0n) is 14.5. The SMILES string of the molecule is CCC(C)O.CCCCN(CCCC)C(=S)SCC(C)O. The van der Waals surface area contributed by atoms with Crippen molar-refractivity contribution in [2.75, 3.05) is 18.8 Å². The highest BCUT2D eigenvalue weighted by Crippen LogP contribution is 2.13. The molecule has 0 aromatic carbocycles. The van der Waals surface area contributed by atoms with E-state index in [9.17, 15) is 5.11 Å². The van der Waals surface area contributed by atoms with Crippen LogP contribution in [0.25, 0.3) is 0 Å². The monoisotopic (exact) mass is 337 g/mol. The number of hydrogen-bond donors (Lipinski definition) is 2. The average Bonchev–Trinajstić information content (AvgIpc) is 2.45. The van der Waals surface area contributed by atoms with Crippen LogP contribution < -0.4 is 0 Å². The van der Waals surface area contributed by atoms with Crippen LogP contribution in [0.1, 0.15) is 66.7 Å². The predicted molar refractivity (Wildman–Crippen MR) is 100 cm³/mol. The van der Waals surface area contributed by atoms with Crippen LogP contribution in [0.3, 0.4) is 0 Å². The maximum atomic E-state index is 9.24. The molecule has 0 heterocycles. The summed E-state index contributed by atoms with van der Waals surface area (Å²) in [6.45, 7) is 12.0. The van der Waals surface area contributed by atoms with Crippen LogP contribution in [0.4, 0.5) is 0 Å². The largest absolute Gasteiger partial charge is 0.393 e. The molecule has 0 amide bonds. The van der Waals surface area contributed by atoms with Gasteiger partial charge in [0.1, 0.15) is 4.32 Å². The number of thioether (sulfide) groups is 1. The Balaban J connectivity index is 0. The van der Waals surface area contributed by atoms with Gasteiger partial charge in [0.05, 0.1) is 12.2 Å². The molecule has 21 heavy (non-hydrogen) atoms. The summed E-state index contributed by atoms with van der Waals surface area (Å²) in [7, 11) is 0. The van der Waals surface area contributed by atoms with Crippen molar-refractivity contribution in [3.8, 4) is 0 Å². The fraction of sp³-hybridized carbons (Fsp3) is 0.938. The van der Waals surface area contributed by atoms with E-state index in [4.69, 9.17) is 17.3 Å². The van der Waals surface area contributed by atoms with Gasteiger partial charge in [0, 0.05) is 18.8 Å².